The van der Waals surface area contributed by atoms with Gasteiger partial charge in [0, 0.05) is 22.2 Å². The number of carbonyl (C=O) groups excluding carboxylic acids is 1. The van der Waals surface area contributed by atoms with Gasteiger partial charge in [0.2, 0.25) is 0 Å². The van der Waals surface area contributed by atoms with E-state index in [1.54, 1.807) is 11.3 Å². The Morgan fingerprint density at radius 3 is 2.88 bits per heavy atom. The van der Waals surface area contributed by atoms with Crippen molar-refractivity contribution in [1.82, 2.24) is 0 Å². The van der Waals surface area contributed by atoms with Crippen molar-refractivity contribution in [3.8, 4) is 0 Å². The maximum atomic E-state index is 11.7. The highest BCUT2D eigenvalue weighted by Crippen LogP contribution is 2.24. The van der Waals surface area contributed by atoms with Gasteiger partial charge in [-0.25, -0.2) is 0 Å². The van der Waals surface area contributed by atoms with E-state index in [-0.39, 0.29) is 0 Å². The lowest BCUT2D eigenvalue weighted by Crippen LogP contribution is -2.09. The molecule has 1 atom stereocenters. The van der Waals surface area contributed by atoms with E-state index in [4.69, 9.17) is 5.73 Å². The molecule has 0 spiro atoms. The lowest BCUT2D eigenvalue weighted by molar-refractivity contribution is -0.118. The van der Waals surface area contributed by atoms with E-state index >= 15 is 0 Å². The first-order chi connectivity index (χ1) is 7.63. The zero-order chi connectivity index (χ0) is 12.0. The average molecular weight is 304 g/mol. The Balaban J connectivity index is 2.29. The fourth-order valence-electron chi connectivity index (χ4n) is 1.55. The summed E-state index contributed by atoms with van der Waals surface area (Å²) < 4.78 is 1.06. The van der Waals surface area contributed by atoms with Crippen molar-refractivity contribution in [1.29, 1.82) is 0 Å². The first kappa shape index (κ1) is 13.9. The molecule has 0 aromatic carbocycles. The molecule has 0 aliphatic heterocycles. The van der Waals surface area contributed by atoms with Crippen LogP contribution in [0.2, 0.25) is 0 Å². The normalized spacial score (nSPS) is 12.7. The van der Waals surface area contributed by atoms with E-state index in [0.29, 0.717) is 31.1 Å². The topological polar surface area (TPSA) is 43.1 Å². The average Bonchev–Trinajstić information content (AvgIpc) is 2.62. The highest BCUT2D eigenvalue weighted by molar-refractivity contribution is 9.10. The molecule has 1 aromatic rings. The molecule has 2 nitrogen and oxygen atoms in total. The summed E-state index contributed by atoms with van der Waals surface area (Å²) in [5.41, 5.74) is 5.48. The second-order valence-corrected chi connectivity index (χ2v) is 5.98. The number of halogens is 1. The minimum absolute atomic E-state index is 0.326. The lowest BCUT2D eigenvalue weighted by atomic mass is 9.99. The van der Waals surface area contributed by atoms with Crippen molar-refractivity contribution in [3.63, 3.8) is 0 Å². The molecule has 1 heterocycles. The molecule has 0 saturated carbocycles. The summed E-state index contributed by atoms with van der Waals surface area (Å²) in [4.78, 5) is 12.9. The van der Waals surface area contributed by atoms with Crippen molar-refractivity contribution in [2.75, 3.05) is 6.54 Å². The number of thiophene rings is 1. The zero-order valence-corrected chi connectivity index (χ0v) is 11.9. The highest BCUT2D eigenvalue weighted by Gasteiger charge is 2.10. The number of Topliss-reactive ketones (excluding diaryl/α,β-unsaturated/α-hetero) is 1. The molecule has 0 fully saturated rings. The zero-order valence-electron chi connectivity index (χ0n) is 9.54. The van der Waals surface area contributed by atoms with Crippen LogP contribution in [0.15, 0.2) is 15.9 Å². The summed E-state index contributed by atoms with van der Waals surface area (Å²) >= 11 is 5.08. The second-order valence-electron chi connectivity index (χ2n) is 4.13. The molecular weight excluding hydrogens is 286 g/mol. The minimum atomic E-state index is 0.326. The third-order valence-electron chi connectivity index (χ3n) is 2.62. The number of rotatable bonds is 7. The van der Waals surface area contributed by atoms with Gasteiger partial charge in [-0.3, -0.25) is 4.79 Å². The van der Waals surface area contributed by atoms with Crippen LogP contribution in [-0.4, -0.2) is 12.3 Å². The van der Waals surface area contributed by atoms with Crippen LogP contribution >= 0.6 is 27.3 Å². The van der Waals surface area contributed by atoms with Crippen LogP contribution in [0.5, 0.6) is 0 Å². The van der Waals surface area contributed by atoms with Crippen molar-refractivity contribution in [3.05, 3.63) is 20.8 Å². The van der Waals surface area contributed by atoms with Gasteiger partial charge in [0.1, 0.15) is 5.78 Å². The van der Waals surface area contributed by atoms with Gasteiger partial charge in [-0.15, -0.1) is 11.3 Å². The van der Waals surface area contributed by atoms with Gasteiger partial charge in [-0.05, 0) is 52.7 Å². The molecule has 1 rings (SSSR count). The fourth-order valence-corrected chi connectivity index (χ4v) is 3.08. The maximum Gasteiger partial charge on any atom is 0.138 e. The first-order valence-corrected chi connectivity index (χ1v) is 7.24. The molecule has 0 amide bonds. The fraction of sp³-hybridized carbons (Fsp3) is 0.583. The van der Waals surface area contributed by atoms with Crippen LogP contribution in [0.4, 0.5) is 0 Å². The van der Waals surface area contributed by atoms with Crippen LogP contribution in [-0.2, 0) is 11.2 Å². The molecule has 0 aliphatic rings. The summed E-state index contributed by atoms with van der Waals surface area (Å²) in [6.07, 6.45) is 3.20. The molecule has 1 aromatic heterocycles. The van der Waals surface area contributed by atoms with E-state index in [1.807, 2.05) is 11.4 Å². The smallest absolute Gasteiger partial charge is 0.138 e. The highest BCUT2D eigenvalue weighted by atomic mass is 79.9. The van der Waals surface area contributed by atoms with Gasteiger partial charge >= 0.3 is 0 Å². The predicted octanol–water partition coefficient (Wildman–Crippen LogP) is 3.39. The summed E-state index contributed by atoms with van der Waals surface area (Å²) in [6, 6.07) is 1.99. The van der Waals surface area contributed by atoms with E-state index < -0.39 is 0 Å². The number of hydrogen-bond donors (Lipinski definition) is 1. The summed E-state index contributed by atoms with van der Waals surface area (Å²) in [5.74, 6) is 0.882. The molecule has 0 aliphatic carbocycles. The Labute approximate surface area is 109 Å². The van der Waals surface area contributed by atoms with Crippen LogP contribution < -0.4 is 5.73 Å². The van der Waals surface area contributed by atoms with E-state index in [9.17, 15) is 4.79 Å². The molecule has 2 N–H and O–H groups in total. The third-order valence-corrected chi connectivity index (χ3v) is 4.55. The van der Waals surface area contributed by atoms with E-state index in [1.165, 1.54) is 0 Å². The molecule has 0 radical (unpaired) electrons. The van der Waals surface area contributed by atoms with Crippen LogP contribution in [0, 0.1) is 5.92 Å². The number of nitrogens with two attached hydrogens (primary N) is 1. The Kier molecular flexibility index (Phi) is 6.24. The van der Waals surface area contributed by atoms with Gasteiger partial charge in [0.15, 0.2) is 0 Å². The number of hydrogen-bond acceptors (Lipinski definition) is 3. The molecule has 90 valence electrons. The van der Waals surface area contributed by atoms with Gasteiger partial charge in [0.25, 0.3) is 0 Å². The van der Waals surface area contributed by atoms with Gasteiger partial charge in [-0.2, -0.15) is 0 Å². The van der Waals surface area contributed by atoms with Crippen molar-refractivity contribution >= 4 is 33.0 Å². The van der Waals surface area contributed by atoms with Crippen LogP contribution in [0.3, 0.4) is 0 Å². The molecular formula is C12H18BrNOS. The molecule has 0 saturated heterocycles. The monoisotopic (exact) mass is 303 g/mol. The first-order valence-electron chi connectivity index (χ1n) is 5.57. The Hall–Kier alpha value is -0.190. The van der Waals surface area contributed by atoms with Gasteiger partial charge in [0.05, 0.1) is 0 Å². The van der Waals surface area contributed by atoms with Crippen molar-refractivity contribution in [2.45, 2.75) is 32.6 Å². The molecule has 0 bridgehead atoms. The summed E-state index contributed by atoms with van der Waals surface area (Å²) in [5, 5.41) is 2.00. The number of carbonyl (C=O) groups is 1. The summed E-state index contributed by atoms with van der Waals surface area (Å²) in [7, 11) is 0. The quantitative estimate of drug-likeness (QED) is 0.839. The standard InChI is InChI=1S/C12H18BrNOS/c1-9(4-6-14)2-3-10(15)8-12-11(13)5-7-16-12/h5,7,9H,2-4,6,8,14H2,1H3. The molecule has 4 heteroatoms. The summed E-state index contributed by atoms with van der Waals surface area (Å²) in [6.45, 7) is 2.87. The Morgan fingerprint density at radius 2 is 2.31 bits per heavy atom. The predicted molar refractivity (Wildman–Crippen MR) is 72.8 cm³/mol. The van der Waals surface area contributed by atoms with Gasteiger partial charge < -0.3 is 5.73 Å². The molecule has 1 unspecified atom stereocenters. The van der Waals surface area contributed by atoms with E-state index in [2.05, 4.69) is 22.9 Å². The third kappa shape index (κ3) is 4.76. The maximum absolute atomic E-state index is 11.7. The minimum Gasteiger partial charge on any atom is -0.330 e. The second kappa shape index (κ2) is 7.20. The number of ketones is 1. The van der Waals surface area contributed by atoms with Crippen molar-refractivity contribution in [2.24, 2.45) is 11.7 Å². The Bertz CT molecular complexity index is 338. The molecule has 16 heavy (non-hydrogen) atoms. The van der Waals surface area contributed by atoms with Crippen molar-refractivity contribution < 1.29 is 4.79 Å². The van der Waals surface area contributed by atoms with Gasteiger partial charge in [-0.1, -0.05) is 6.92 Å². The Morgan fingerprint density at radius 1 is 1.56 bits per heavy atom. The van der Waals surface area contributed by atoms with E-state index in [0.717, 1.165) is 22.2 Å². The SMILES string of the molecule is CC(CCN)CCC(=O)Cc1sccc1Br. The van der Waals surface area contributed by atoms with Crippen LogP contribution in [0.25, 0.3) is 0 Å². The largest absolute Gasteiger partial charge is 0.330 e. The lowest BCUT2D eigenvalue weighted by Gasteiger charge is -2.08. The van der Waals surface area contributed by atoms with Crippen LogP contribution in [0.1, 0.15) is 31.1 Å².